The summed E-state index contributed by atoms with van der Waals surface area (Å²) in [6.45, 7) is -0.0180. The fourth-order valence-corrected chi connectivity index (χ4v) is 6.69. The number of ether oxygens (including phenoxy) is 1. The number of benzene rings is 1. The normalized spacial score (nSPS) is 24.4. The number of nitrogens with one attached hydrogen (secondary N) is 1. The maximum atomic E-state index is 13.7. The Morgan fingerprint density at radius 3 is 2.26 bits per heavy atom. The zero-order chi connectivity index (χ0) is 29.2. The summed E-state index contributed by atoms with van der Waals surface area (Å²) < 4.78 is 111. The molecule has 0 spiro atoms. The quantitative estimate of drug-likeness (QED) is 0.474. The van der Waals surface area contributed by atoms with Crippen LogP contribution in [-0.4, -0.2) is 67.0 Å². The molecule has 1 N–H and O–H groups in total. The van der Waals surface area contributed by atoms with Gasteiger partial charge >= 0.3 is 12.4 Å². The molecule has 3 unspecified atom stereocenters. The van der Waals surface area contributed by atoms with Crippen LogP contribution in [0.15, 0.2) is 23.1 Å². The van der Waals surface area contributed by atoms with E-state index in [4.69, 9.17) is 16.3 Å². The van der Waals surface area contributed by atoms with E-state index in [0.29, 0.717) is 17.7 Å². The Morgan fingerprint density at radius 2 is 1.79 bits per heavy atom. The van der Waals surface area contributed by atoms with Crippen LogP contribution in [0, 0.1) is 16.7 Å². The molecular formula is C23H22ClF6N3O5S. The second kappa shape index (κ2) is 9.43. The van der Waals surface area contributed by atoms with Gasteiger partial charge in [0, 0.05) is 12.6 Å². The lowest BCUT2D eigenvalue weighted by Crippen LogP contribution is -2.53. The van der Waals surface area contributed by atoms with Gasteiger partial charge < -0.3 is 15.0 Å². The van der Waals surface area contributed by atoms with Crippen molar-refractivity contribution >= 4 is 33.3 Å². The van der Waals surface area contributed by atoms with Crippen molar-refractivity contribution in [3.8, 4) is 11.8 Å². The van der Waals surface area contributed by atoms with Gasteiger partial charge in [-0.05, 0) is 51.2 Å². The van der Waals surface area contributed by atoms with Crippen molar-refractivity contribution in [2.45, 2.75) is 79.2 Å². The third kappa shape index (κ3) is 5.37. The van der Waals surface area contributed by atoms with Crippen LogP contribution < -0.4 is 10.1 Å². The van der Waals surface area contributed by atoms with E-state index in [9.17, 15) is 49.6 Å². The molecule has 0 radical (unpaired) electrons. The van der Waals surface area contributed by atoms with Gasteiger partial charge in [0.25, 0.3) is 0 Å². The maximum absolute atomic E-state index is 13.7. The number of hydrogen-bond acceptors (Lipinski definition) is 6. The summed E-state index contributed by atoms with van der Waals surface area (Å²) >= 11 is 6.06. The standard InChI is InChI=1S/C23H22ClF6N3O5S/c1-12(22(25,26)27)38-13-2-3-17(15(24)8-13)39(36,37)14-9-16(18(34)32-20(11-31)4-5-20)33(10-14)19(35)21(6-7-21)23(28,29)30/h2-3,8,12,14,16H,4-7,9-10H2,1H3,(H,32,34). The first-order valence-corrected chi connectivity index (χ1v) is 13.7. The predicted octanol–water partition coefficient (Wildman–Crippen LogP) is 3.93. The average molecular weight is 602 g/mol. The maximum Gasteiger partial charge on any atom is 0.425 e. The SMILES string of the molecule is CC(Oc1ccc(S(=O)(=O)C2CC(C(=O)NC3(C#N)CC3)N(C(=O)C3(C(F)(F)F)CC3)C2)c(Cl)c1)C(F)(F)F. The van der Waals surface area contributed by atoms with Crippen LogP contribution in [0.25, 0.3) is 0 Å². The Morgan fingerprint density at radius 1 is 1.18 bits per heavy atom. The van der Waals surface area contributed by atoms with Crippen molar-refractivity contribution in [3.05, 3.63) is 23.2 Å². The van der Waals surface area contributed by atoms with E-state index in [1.807, 2.05) is 6.07 Å². The Labute approximate surface area is 224 Å². The number of carbonyl (C=O) groups is 2. The summed E-state index contributed by atoms with van der Waals surface area (Å²) in [7, 11) is -4.50. The largest absolute Gasteiger partial charge is 0.481 e. The summed E-state index contributed by atoms with van der Waals surface area (Å²) in [6.07, 6.45) is -12.9. The summed E-state index contributed by atoms with van der Waals surface area (Å²) in [6, 6.07) is 2.97. The van der Waals surface area contributed by atoms with Crippen molar-refractivity contribution in [2.24, 2.45) is 5.41 Å². The third-order valence-corrected chi connectivity index (χ3v) is 9.89. The number of alkyl halides is 6. The number of carbonyl (C=O) groups excluding carboxylic acids is 2. The van der Waals surface area contributed by atoms with Crippen molar-refractivity contribution in [3.63, 3.8) is 0 Å². The molecule has 39 heavy (non-hydrogen) atoms. The van der Waals surface area contributed by atoms with Gasteiger partial charge in [-0.15, -0.1) is 0 Å². The first kappa shape index (κ1) is 29.3. The van der Waals surface area contributed by atoms with Crippen LogP contribution in [0.1, 0.15) is 39.0 Å². The molecule has 3 aliphatic rings. The fraction of sp³-hybridized carbons (Fsp3) is 0.609. The molecule has 16 heteroatoms. The summed E-state index contributed by atoms with van der Waals surface area (Å²) in [4.78, 5) is 26.1. The average Bonchev–Trinajstić information content (AvgIpc) is 3.74. The van der Waals surface area contributed by atoms with Crippen LogP contribution in [0.5, 0.6) is 5.75 Å². The van der Waals surface area contributed by atoms with E-state index in [-0.39, 0.29) is 5.75 Å². The van der Waals surface area contributed by atoms with Gasteiger partial charge in [-0.2, -0.15) is 31.6 Å². The van der Waals surface area contributed by atoms with E-state index in [0.717, 1.165) is 25.1 Å². The number of halogens is 7. The zero-order valence-electron chi connectivity index (χ0n) is 20.2. The Hall–Kier alpha value is -2.73. The molecule has 1 heterocycles. The van der Waals surface area contributed by atoms with E-state index in [2.05, 4.69) is 5.32 Å². The van der Waals surface area contributed by atoms with Crippen LogP contribution in [0.2, 0.25) is 5.02 Å². The molecule has 4 rings (SSSR count). The highest BCUT2D eigenvalue weighted by Crippen LogP contribution is 2.59. The van der Waals surface area contributed by atoms with Crippen molar-refractivity contribution in [1.29, 1.82) is 5.26 Å². The molecule has 1 aromatic rings. The number of sulfone groups is 1. The first-order chi connectivity index (χ1) is 17.9. The van der Waals surface area contributed by atoms with E-state index < -0.39 is 98.1 Å². The minimum Gasteiger partial charge on any atom is -0.481 e. The van der Waals surface area contributed by atoms with Gasteiger partial charge in [-0.1, -0.05) is 11.6 Å². The predicted molar refractivity (Wildman–Crippen MR) is 122 cm³/mol. The number of nitriles is 1. The lowest BCUT2D eigenvalue weighted by atomic mass is 10.0. The van der Waals surface area contributed by atoms with E-state index in [1.54, 1.807) is 0 Å². The highest BCUT2D eigenvalue weighted by atomic mass is 35.5. The van der Waals surface area contributed by atoms with Crippen molar-refractivity contribution in [1.82, 2.24) is 10.2 Å². The monoisotopic (exact) mass is 601 g/mol. The summed E-state index contributed by atoms with van der Waals surface area (Å²) in [5.74, 6) is -2.75. The smallest absolute Gasteiger partial charge is 0.425 e. The number of likely N-dealkylation sites (tertiary alicyclic amines) is 1. The topological polar surface area (TPSA) is 117 Å². The molecule has 2 amide bonds. The van der Waals surface area contributed by atoms with Crippen molar-refractivity contribution in [2.75, 3.05) is 6.54 Å². The van der Waals surface area contributed by atoms with Gasteiger partial charge in [0.2, 0.25) is 11.8 Å². The molecule has 3 fully saturated rings. The van der Waals surface area contributed by atoms with Crippen LogP contribution in [0.3, 0.4) is 0 Å². The molecule has 2 aliphatic carbocycles. The number of rotatable bonds is 7. The van der Waals surface area contributed by atoms with Gasteiger partial charge in [0.05, 0.1) is 21.2 Å². The molecule has 3 atom stereocenters. The van der Waals surface area contributed by atoms with Gasteiger partial charge in [0.1, 0.15) is 22.7 Å². The number of amides is 2. The summed E-state index contributed by atoms with van der Waals surface area (Å²) in [5, 5.41) is 9.62. The Bertz CT molecular complexity index is 1330. The highest BCUT2D eigenvalue weighted by Gasteiger charge is 2.70. The second-order valence-electron chi connectivity index (χ2n) is 10.0. The molecule has 0 aromatic heterocycles. The van der Waals surface area contributed by atoms with Gasteiger partial charge in [0.15, 0.2) is 15.9 Å². The van der Waals surface area contributed by atoms with Crippen LogP contribution >= 0.6 is 11.6 Å². The number of nitrogens with zero attached hydrogens (tertiary/aromatic N) is 2. The molecule has 1 saturated heterocycles. The fourth-order valence-electron chi connectivity index (χ4n) is 4.46. The van der Waals surface area contributed by atoms with Crippen LogP contribution in [-0.2, 0) is 19.4 Å². The molecule has 214 valence electrons. The Balaban J connectivity index is 1.62. The zero-order valence-corrected chi connectivity index (χ0v) is 21.8. The minimum absolute atomic E-state index is 0.293. The first-order valence-electron chi connectivity index (χ1n) is 11.7. The van der Waals surface area contributed by atoms with E-state index >= 15 is 0 Å². The lowest BCUT2D eigenvalue weighted by molar-refractivity contribution is -0.199. The van der Waals surface area contributed by atoms with Crippen molar-refractivity contribution < 1.29 is 49.1 Å². The molecule has 1 aromatic carbocycles. The highest BCUT2D eigenvalue weighted by molar-refractivity contribution is 7.92. The third-order valence-electron chi connectivity index (χ3n) is 7.28. The van der Waals surface area contributed by atoms with Gasteiger partial charge in [-0.25, -0.2) is 8.42 Å². The molecule has 0 bridgehead atoms. The molecule has 8 nitrogen and oxygen atoms in total. The second-order valence-corrected chi connectivity index (χ2v) is 12.6. The summed E-state index contributed by atoms with van der Waals surface area (Å²) in [5.41, 5.74) is -3.95. The molecular weight excluding hydrogens is 580 g/mol. The number of hydrogen-bond donors (Lipinski definition) is 1. The van der Waals surface area contributed by atoms with E-state index in [1.165, 1.54) is 0 Å². The Kier molecular flexibility index (Phi) is 7.08. The van der Waals surface area contributed by atoms with Crippen LogP contribution in [0.4, 0.5) is 26.3 Å². The van der Waals surface area contributed by atoms with Gasteiger partial charge in [-0.3, -0.25) is 9.59 Å². The molecule has 2 saturated carbocycles. The lowest BCUT2D eigenvalue weighted by Gasteiger charge is -2.29. The minimum atomic E-state index is -4.92. The molecule has 1 aliphatic heterocycles.